The predicted octanol–water partition coefficient (Wildman–Crippen LogP) is 2.44. The fourth-order valence-electron chi connectivity index (χ4n) is 2.34. The highest BCUT2D eigenvalue weighted by Crippen LogP contribution is 2.40. The molecule has 0 aliphatic heterocycles. The van der Waals surface area contributed by atoms with Crippen molar-refractivity contribution in [1.82, 2.24) is 0 Å². The molecule has 0 radical (unpaired) electrons. The van der Waals surface area contributed by atoms with E-state index in [2.05, 4.69) is 0 Å². The van der Waals surface area contributed by atoms with Gasteiger partial charge in [0.05, 0.1) is 0 Å². The number of carboxylic acids is 1. The zero-order valence-electron chi connectivity index (χ0n) is 9.53. The van der Waals surface area contributed by atoms with Crippen molar-refractivity contribution >= 4 is 11.8 Å². The fraction of sp³-hybridized carbons (Fsp3) is 0.667. The first kappa shape index (κ1) is 12.7. The summed E-state index contributed by atoms with van der Waals surface area (Å²) in [7, 11) is 0. The summed E-state index contributed by atoms with van der Waals surface area (Å²) in [5.41, 5.74) is -0.443. The van der Waals surface area contributed by atoms with Crippen molar-refractivity contribution in [2.75, 3.05) is 0 Å². The summed E-state index contributed by atoms with van der Waals surface area (Å²) in [6.07, 6.45) is 6.30. The van der Waals surface area contributed by atoms with E-state index in [0.29, 0.717) is 6.42 Å². The van der Waals surface area contributed by atoms with E-state index in [1.54, 1.807) is 0 Å². The van der Waals surface area contributed by atoms with Gasteiger partial charge >= 0.3 is 5.97 Å². The zero-order valence-corrected chi connectivity index (χ0v) is 9.53. The van der Waals surface area contributed by atoms with Gasteiger partial charge < -0.3 is 10.2 Å². The van der Waals surface area contributed by atoms with Gasteiger partial charge in [-0.3, -0.25) is 4.79 Å². The van der Waals surface area contributed by atoms with E-state index in [1.807, 2.05) is 6.92 Å². The van der Waals surface area contributed by atoms with Crippen molar-refractivity contribution in [3.63, 3.8) is 0 Å². The van der Waals surface area contributed by atoms with Gasteiger partial charge in [-0.2, -0.15) is 0 Å². The number of carbonyl (C=O) groups excluding carboxylic acids is 1. The number of aliphatic hydroxyl groups is 1. The van der Waals surface area contributed by atoms with Crippen LogP contribution in [0.15, 0.2) is 11.8 Å². The lowest BCUT2D eigenvalue weighted by Crippen LogP contribution is -2.32. The molecule has 0 saturated heterocycles. The van der Waals surface area contributed by atoms with E-state index in [0.717, 1.165) is 38.2 Å². The minimum atomic E-state index is -1.45. The number of hydrogen-bond acceptors (Lipinski definition) is 3. The van der Waals surface area contributed by atoms with Crippen LogP contribution in [0.4, 0.5) is 0 Å². The second kappa shape index (κ2) is 5.14. The minimum Gasteiger partial charge on any atom is -0.502 e. The molecule has 1 saturated carbocycles. The van der Waals surface area contributed by atoms with Crippen LogP contribution in [0.2, 0.25) is 0 Å². The summed E-state index contributed by atoms with van der Waals surface area (Å²) in [6.45, 7) is 1.94. The third kappa shape index (κ3) is 2.62. The van der Waals surface area contributed by atoms with Gasteiger partial charge in [0.2, 0.25) is 5.76 Å². The van der Waals surface area contributed by atoms with Crippen LogP contribution in [-0.4, -0.2) is 22.0 Å². The van der Waals surface area contributed by atoms with Crippen molar-refractivity contribution in [3.05, 3.63) is 11.8 Å². The van der Waals surface area contributed by atoms with Crippen LogP contribution in [0.1, 0.15) is 45.4 Å². The Morgan fingerprint density at radius 1 is 1.19 bits per heavy atom. The lowest BCUT2D eigenvalue weighted by molar-refractivity contribution is -0.136. The normalized spacial score (nSPS) is 20.4. The molecule has 0 heterocycles. The van der Waals surface area contributed by atoms with E-state index < -0.39 is 17.1 Å². The number of allylic oxidation sites excluding steroid dienone is 1. The largest absolute Gasteiger partial charge is 0.502 e. The van der Waals surface area contributed by atoms with Gasteiger partial charge in [0, 0.05) is 11.5 Å². The van der Waals surface area contributed by atoms with Crippen LogP contribution in [0.5, 0.6) is 0 Å². The summed E-state index contributed by atoms with van der Waals surface area (Å²) >= 11 is 0. The molecule has 0 bridgehead atoms. The third-order valence-electron chi connectivity index (χ3n) is 3.50. The molecule has 1 fully saturated rings. The number of aliphatic hydroxyl groups excluding tert-OH is 1. The number of hydrogen-bond donors (Lipinski definition) is 2. The molecule has 1 aliphatic carbocycles. The highest BCUT2D eigenvalue weighted by atomic mass is 16.4. The first-order valence-electron chi connectivity index (χ1n) is 5.70. The van der Waals surface area contributed by atoms with Gasteiger partial charge in [-0.1, -0.05) is 26.2 Å². The summed E-state index contributed by atoms with van der Waals surface area (Å²) in [4.78, 5) is 22.4. The van der Waals surface area contributed by atoms with Crippen molar-refractivity contribution in [2.24, 2.45) is 5.41 Å². The van der Waals surface area contributed by atoms with Gasteiger partial charge in [-0.25, -0.2) is 4.79 Å². The van der Waals surface area contributed by atoms with Gasteiger partial charge in [0.25, 0.3) is 0 Å². The van der Waals surface area contributed by atoms with Crippen molar-refractivity contribution in [1.29, 1.82) is 0 Å². The Balaban J connectivity index is 2.84. The molecule has 0 aromatic carbocycles. The average Bonchev–Trinajstić information content (AvgIpc) is 2.29. The fourth-order valence-corrected chi connectivity index (χ4v) is 2.34. The molecular weight excluding hydrogens is 208 g/mol. The van der Waals surface area contributed by atoms with Crippen LogP contribution < -0.4 is 0 Å². The SMILES string of the molecule is CCC1(C(=O)C=C(O)C(=O)O)CCCCC1. The first-order valence-corrected chi connectivity index (χ1v) is 5.70. The molecule has 90 valence electrons. The molecule has 0 spiro atoms. The molecule has 16 heavy (non-hydrogen) atoms. The standard InChI is InChI=1S/C12H18O4/c1-2-12(6-4-3-5-7-12)10(14)8-9(13)11(15)16/h8,13H,2-7H2,1H3,(H,15,16). The Labute approximate surface area is 95.0 Å². The van der Waals surface area contributed by atoms with E-state index in [1.165, 1.54) is 0 Å². The number of rotatable bonds is 4. The van der Waals surface area contributed by atoms with E-state index in [-0.39, 0.29) is 5.78 Å². The second-order valence-corrected chi connectivity index (χ2v) is 4.39. The van der Waals surface area contributed by atoms with Crippen LogP contribution in [0, 0.1) is 5.41 Å². The Bertz CT molecular complexity index is 311. The smallest absolute Gasteiger partial charge is 0.371 e. The predicted molar refractivity (Wildman–Crippen MR) is 59.2 cm³/mol. The molecule has 0 unspecified atom stereocenters. The Hall–Kier alpha value is -1.32. The quantitative estimate of drug-likeness (QED) is 0.570. The van der Waals surface area contributed by atoms with Crippen LogP contribution in [0.3, 0.4) is 0 Å². The Morgan fingerprint density at radius 2 is 1.75 bits per heavy atom. The molecule has 4 nitrogen and oxygen atoms in total. The number of aliphatic carboxylic acids is 1. The van der Waals surface area contributed by atoms with Crippen molar-refractivity contribution in [3.8, 4) is 0 Å². The van der Waals surface area contributed by atoms with Crippen molar-refractivity contribution < 1.29 is 19.8 Å². The Morgan fingerprint density at radius 3 is 2.19 bits per heavy atom. The molecule has 0 aromatic heterocycles. The molecule has 2 N–H and O–H groups in total. The average molecular weight is 226 g/mol. The molecule has 0 aromatic rings. The monoisotopic (exact) mass is 226 g/mol. The summed E-state index contributed by atoms with van der Waals surface area (Å²) in [5, 5.41) is 17.6. The van der Waals surface area contributed by atoms with Gasteiger partial charge in [-0.05, 0) is 19.3 Å². The van der Waals surface area contributed by atoms with E-state index in [9.17, 15) is 9.59 Å². The Kier molecular flexibility index (Phi) is 4.10. The highest BCUT2D eigenvalue weighted by molar-refractivity contribution is 6.00. The summed E-state index contributed by atoms with van der Waals surface area (Å²) in [5.74, 6) is -2.55. The first-order chi connectivity index (χ1) is 7.52. The summed E-state index contributed by atoms with van der Waals surface area (Å²) < 4.78 is 0. The highest BCUT2D eigenvalue weighted by Gasteiger charge is 2.36. The van der Waals surface area contributed by atoms with Gasteiger partial charge in [-0.15, -0.1) is 0 Å². The molecule has 0 amide bonds. The van der Waals surface area contributed by atoms with E-state index in [4.69, 9.17) is 10.2 Å². The maximum absolute atomic E-state index is 12.0. The second-order valence-electron chi connectivity index (χ2n) is 4.39. The van der Waals surface area contributed by atoms with Crippen LogP contribution >= 0.6 is 0 Å². The number of carbonyl (C=O) groups is 2. The molecule has 0 atom stereocenters. The van der Waals surface area contributed by atoms with Crippen molar-refractivity contribution in [2.45, 2.75) is 45.4 Å². The molecule has 1 rings (SSSR count). The van der Waals surface area contributed by atoms with Gasteiger partial charge in [0.1, 0.15) is 0 Å². The maximum Gasteiger partial charge on any atom is 0.371 e. The molecule has 4 heteroatoms. The number of carboxylic acid groups (broad SMARTS) is 1. The van der Waals surface area contributed by atoms with Crippen LogP contribution in [-0.2, 0) is 9.59 Å². The summed E-state index contributed by atoms with van der Waals surface area (Å²) in [6, 6.07) is 0. The van der Waals surface area contributed by atoms with Crippen LogP contribution in [0.25, 0.3) is 0 Å². The molecular formula is C12H18O4. The van der Waals surface area contributed by atoms with Gasteiger partial charge in [0.15, 0.2) is 5.78 Å². The zero-order chi connectivity index (χ0) is 12.2. The van der Waals surface area contributed by atoms with E-state index >= 15 is 0 Å². The lowest BCUT2D eigenvalue weighted by Gasteiger charge is -2.33. The number of ketones is 1. The maximum atomic E-state index is 12.0. The molecule has 1 aliphatic rings. The topological polar surface area (TPSA) is 74.6 Å². The minimum absolute atomic E-state index is 0.241. The lowest BCUT2D eigenvalue weighted by atomic mass is 9.69. The third-order valence-corrected chi connectivity index (χ3v) is 3.50.